The summed E-state index contributed by atoms with van der Waals surface area (Å²) in [6, 6.07) is 0. The van der Waals surface area contributed by atoms with E-state index in [1.165, 1.54) is 0 Å². The fraction of sp³-hybridized carbons (Fsp3) is 0.200. The van der Waals surface area contributed by atoms with E-state index in [1.807, 2.05) is 0 Å². The summed E-state index contributed by atoms with van der Waals surface area (Å²) in [7, 11) is 1.67. The number of hydrogen-bond donors (Lipinski definition) is 4. The van der Waals surface area contributed by atoms with Gasteiger partial charge >= 0.3 is 0 Å². The van der Waals surface area contributed by atoms with Gasteiger partial charge in [-0.2, -0.15) is 9.97 Å². The van der Waals surface area contributed by atoms with Crippen molar-refractivity contribution in [1.29, 1.82) is 0 Å². The van der Waals surface area contributed by atoms with Crippen molar-refractivity contribution in [3.63, 3.8) is 0 Å². The Morgan fingerprint density at radius 2 is 1.55 bits per heavy atom. The summed E-state index contributed by atoms with van der Waals surface area (Å²) in [4.78, 5) is 7.61. The lowest BCUT2D eigenvalue weighted by Gasteiger charge is -2.04. The lowest BCUT2D eigenvalue weighted by molar-refractivity contribution is 1.17. The number of nitrogens with zero attached hydrogens (tertiary/aromatic N) is 2. The Balaban J connectivity index is 3.21. The highest BCUT2D eigenvalue weighted by atomic mass is 15.1. The van der Waals surface area contributed by atoms with Gasteiger partial charge in [0.1, 0.15) is 5.69 Å². The minimum Gasteiger partial charge on any atom is -0.393 e. The van der Waals surface area contributed by atoms with Crippen LogP contribution in [0.3, 0.4) is 0 Å². The minimum absolute atomic E-state index is 0.196. The highest BCUT2D eigenvalue weighted by molar-refractivity contribution is 5.72. The van der Waals surface area contributed by atoms with Crippen molar-refractivity contribution >= 4 is 23.3 Å². The molecule has 0 unspecified atom stereocenters. The molecule has 0 radical (unpaired) electrons. The first-order valence-electron chi connectivity index (χ1n) is 3.01. The highest BCUT2D eigenvalue weighted by Crippen LogP contribution is 2.18. The summed E-state index contributed by atoms with van der Waals surface area (Å²) in [6.45, 7) is 0. The van der Waals surface area contributed by atoms with Crippen molar-refractivity contribution < 1.29 is 0 Å². The predicted molar refractivity (Wildman–Crippen MR) is 44.8 cm³/mol. The van der Waals surface area contributed by atoms with Crippen LogP contribution in [0.2, 0.25) is 0 Å². The topological polar surface area (TPSA) is 116 Å². The minimum atomic E-state index is 0.196. The molecule has 0 spiro atoms. The Morgan fingerprint density at radius 3 is 1.91 bits per heavy atom. The van der Waals surface area contributed by atoms with E-state index in [0.29, 0.717) is 5.95 Å². The van der Waals surface area contributed by atoms with Gasteiger partial charge in [0.05, 0.1) is 0 Å². The van der Waals surface area contributed by atoms with Crippen LogP contribution in [-0.2, 0) is 0 Å². The third kappa shape index (κ3) is 1.23. The van der Waals surface area contributed by atoms with Crippen molar-refractivity contribution in [2.75, 3.05) is 29.6 Å². The first-order valence-corrected chi connectivity index (χ1v) is 3.01. The third-order valence-electron chi connectivity index (χ3n) is 1.23. The molecule has 7 N–H and O–H groups in total. The summed E-state index contributed by atoms with van der Waals surface area (Å²) in [5.41, 5.74) is 16.4. The molecule has 0 aliphatic heterocycles. The SMILES string of the molecule is CNc1nc(N)c(N)c(N)n1. The maximum Gasteiger partial charge on any atom is 0.226 e. The van der Waals surface area contributed by atoms with Crippen molar-refractivity contribution in [1.82, 2.24) is 9.97 Å². The van der Waals surface area contributed by atoms with Crippen LogP contribution in [0.15, 0.2) is 0 Å². The first-order chi connectivity index (χ1) is 5.15. The molecule has 0 amide bonds. The van der Waals surface area contributed by atoms with Gasteiger partial charge in [-0.05, 0) is 0 Å². The fourth-order valence-electron chi connectivity index (χ4n) is 0.617. The molecule has 0 aliphatic rings. The van der Waals surface area contributed by atoms with E-state index in [-0.39, 0.29) is 17.3 Å². The molecule has 0 bridgehead atoms. The normalized spacial score (nSPS) is 9.55. The molecular weight excluding hydrogens is 144 g/mol. The molecule has 11 heavy (non-hydrogen) atoms. The lowest BCUT2D eigenvalue weighted by atomic mass is 10.4. The van der Waals surface area contributed by atoms with Crippen LogP contribution in [-0.4, -0.2) is 17.0 Å². The van der Waals surface area contributed by atoms with Crippen LogP contribution in [0.5, 0.6) is 0 Å². The average molecular weight is 154 g/mol. The van der Waals surface area contributed by atoms with Crippen LogP contribution in [0.25, 0.3) is 0 Å². The molecule has 60 valence electrons. The van der Waals surface area contributed by atoms with Gasteiger partial charge in [0.25, 0.3) is 0 Å². The summed E-state index contributed by atoms with van der Waals surface area (Å²) < 4.78 is 0. The van der Waals surface area contributed by atoms with Gasteiger partial charge in [0, 0.05) is 7.05 Å². The van der Waals surface area contributed by atoms with Gasteiger partial charge in [-0.3, -0.25) is 0 Å². The maximum atomic E-state index is 5.40. The number of nitrogens with one attached hydrogen (secondary N) is 1. The second kappa shape index (κ2) is 2.49. The first kappa shape index (κ1) is 7.39. The second-order valence-electron chi connectivity index (χ2n) is 1.98. The van der Waals surface area contributed by atoms with Gasteiger partial charge in [-0.15, -0.1) is 0 Å². The Kier molecular flexibility index (Phi) is 1.67. The Bertz CT molecular complexity index is 247. The predicted octanol–water partition coefficient (Wildman–Crippen LogP) is -0.735. The Morgan fingerprint density at radius 1 is 1.09 bits per heavy atom. The van der Waals surface area contributed by atoms with E-state index in [9.17, 15) is 0 Å². The smallest absolute Gasteiger partial charge is 0.226 e. The molecule has 1 rings (SSSR count). The summed E-state index contributed by atoms with van der Waals surface area (Å²) >= 11 is 0. The van der Waals surface area contributed by atoms with Crippen LogP contribution in [0, 0.1) is 0 Å². The second-order valence-corrected chi connectivity index (χ2v) is 1.98. The summed E-state index contributed by atoms with van der Waals surface area (Å²) in [5, 5.41) is 2.70. The van der Waals surface area contributed by atoms with Gasteiger partial charge in [-0.1, -0.05) is 0 Å². The fourth-order valence-corrected chi connectivity index (χ4v) is 0.617. The molecule has 1 aromatic rings. The van der Waals surface area contributed by atoms with Gasteiger partial charge < -0.3 is 22.5 Å². The van der Waals surface area contributed by atoms with Crippen LogP contribution in [0.4, 0.5) is 23.3 Å². The zero-order chi connectivity index (χ0) is 8.43. The quantitative estimate of drug-likeness (QED) is 0.423. The zero-order valence-electron chi connectivity index (χ0n) is 6.13. The number of rotatable bonds is 1. The Hall–Kier alpha value is -1.72. The standard InChI is InChI=1S/C5H10N6/c1-9-5-10-3(7)2(6)4(8)11-5/h6H2,1H3,(H5,7,8,9,10,11). The average Bonchev–Trinajstić information content (AvgIpc) is 1.99. The number of nitrogens with two attached hydrogens (primary N) is 3. The molecule has 1 aromatic heterocycles. The highest BCUT2D eigenvalue weighted by Gasteiger charge is 2.03. The maximum absolute atomic E-state index is 5.40. The molecule has 0 atom stereocenters. The monoisotopic (exact) mass is 154 g/mol. The number of hydrogen-bond acceptors (Lipinski definition) is 6. The molecule has 1 heterocycles. The van der Waals surface area contributed by atoms with E-state index in [2.05, 4.69) is 15.3 Å². The number of nitrogen functional groups attached to an aromatic ring is 3. The van der Waals surface area contributed by atoms with Crippen molar-refractivity contribution in [2.24, 2.45) is 0 Å². The molecule has 0 aromatic carbocycles. The molecule has 0 fully saturated rings. The van der Waals surface area contributed by atoms with E-state index in [1.54, 1.807) is 7.05 Å². The molecule has 0 saturated heterocycles. The van der Waals surface area contributed by atoms with E-state index < -0.39 is 0 Å². The van der Waals surface area contributed by atoms with Gasteiger partial charge in [-0.25, -0.2) is 0 Å². The lowest BCUT2D eigenvalue weighted by Crippen LogP contribution is -2.07. The van der Waals surface area contributed by atoms with Crippen LogP contribution >= 0.6 is 0 Å². The van der Waals surface area contributed by atoms with E-state index in [4.69, 9.17) is 17.2 Å². The summed E-state index contributed by atoms with van der Waals surface area (Å²) in [6.07, 6.45) is 0. The molecule has 6 nitrogen and oxygen atoms in total. The van der Waals surface area contributed by atoms with Crippen molar-refractivity contribution in [2.45, 2.75) is 0 Å². The molecular formula is C5H10N6. The third-order valence-corrected chi connectivity index (χ3v) is 1.23. The van der Waals surface area contributed by atoms with E-state index in [0.717, 1.165) is 0 Å². The number of anilines is 4. The molecule has 6 heteroatoms. The van der Waals surface area contributed by atoms with Crippen LogP contribution in [0.1, 0.15) is 0 Å². The molecule has 0 aliphatic carbocycles. The zero-order valence-corrected chi connectivity index (χ0v) is 6.13. The van der Waals surface area contributed by atoms with Crippen molar-refractivity contribution in [3.8, 4) is 0 Å². The largest absolute Gasteiger partial charge is 0.393 e. The number of aromatic nitrogens is 2. The molecule has 0 saturated carbocycles. The Labute approximate surface area is 63.8 Å². The van der Waals surface area contributed by atoms with E-state index >= 15 is 0 Å². The summed E-state index contributed by atoms with van der Waals surface area (Å²) in [5.74, 6) is 0.762. The van der Waals surface area contributed by atoms with Gasteiger partial charge in [0.15, 0.2) is 11.6 Å². The van der Waals surface area contributed by atoms with Crippen LogP contribution < -0.4 is 22.5 Å². The van der Waals surface area contributed by atoms with Gasteiger partial charge in [0.2, 0.25) is 5.95 Å². The van der Waals surface area contributed by atoms with Crippen molar-refractivity contribution in [3.05, 3.63) is 0 Å².